The van der Waals surface area contributed by atoms with Crippen LogP contribution in [0.5, 0.6) is 5.88 Å². The van der Waals surface area contributed by atoms with Gasteiger partial charge in [0.1, 0.15) is 10.0 Å². The Morgan fingerprint density at radius 3 is 1.69 bits per heavy atom. The number of thiazole rings is 2. The lowest BCUT2D eigenvalue weighted by atomic mass is 10.0. The van der Waals surface area contributed by atoms with Crippen molar-refractivity contribution in [2.45, 2.75) is 73.6 Å². The number of aromatic amines is 2. The number of hydrogen-bond acceptors (Lipinski definition) is 13. The molecule has 4 aliphatic heterocycles. The first-order valence-electron chi connectivity index (χ1n) is 28.7. The number of amides is 4. The first kappa shape index (κ1) is 58.1. The zero-order valence-corrected chi connectivity index (χ0v) is 50.0. The summed E-state index contributed by atoms with van der Waals surface area (Å²) in [4.78, 5) is 84.0. The Kier molecular flexibility index (Phi) is 18.5. The monoisotopic (exact) mass is 1150 g/mol. The number of pyridine rings is 2. The first-order chi connectivity index (χ1) is 40.4. The van der Waals surface area contributed by atoms with Gasteiger partial charge in [-0.05, 0) is 131 Å². The second-order valence-electron chi connectivity index (χ2n) is 20.9. The second kappa shape index (κ2) is 26.4. The SMILES string of the molecule is CCN(CC)CCN1CCCc2[nH]c(/C=C3\C(=O)Nc4ccc(-c5csc(-c6ccncc6)n5)cc43)c(C)c2C1=O.CCN(CC)CCN1CCCc2[nH]c(OC)c(C)c2C1=O.O=C1Cc2cc(-c3csc(-c4ccncc4)n3)ccc2N1. The molecule has 19 heteroatoms. The van der Waals surface area contributed by atoms with E-state index in [1.165, 1.54) is 0 Å². The van der Waals surface area contributed by atoms with Crippen LogP contribution in [0.25, 0.3) is 55.3 Å². The number of ether oxygens (including phenoxy) is 1. The van der Waals surface area contributed by atoms with Crippen molar-refractivity contribution < 1.29 is 23.9 Å². The number of H-pyrrole nitrogens is 2. The Bertz CT molecular complexity index is 3650. The van der Waals surface area contributed by atoms with Crippen molar-refractivity contribution >= 4 is 69.3 Å². The highest BCUT2D eigenvalue weighted by atomic mass is 32.1. The van der Waals surface area contributed by atoms with Crippen molar-refractivity contribution in [1.82, 2.24) is 49.5 Å². The standard InChI is InChI=1S/C32H34N6O2S.C16H27N3O2.C16H11N3OS/c1-4-37(5-2)15-16-38-14-6-7-26-29(32(38)40)20(3)27(34-26)18-24-23-17-22(8-9-25(23)35-30(24)39)28-19-41-31(36-28)21-10-12-33-13-11-21;1-5-18(6-2)10-11-19-9-7-8-13-14(16(19)20)12(3)15(17-13)21-4;20-15-8-12-7-11(1-2-13(12)18-15)14-9-21-16(19-14)10-3-5-17-6-4-10/h8-13,17-19,34H,4-7,14-16H2,1-3H3,(H,35,39);17H,5-11H2,1-4H3;1-7,9H,8H2,(H,18,20)/b24-18-;;. The van der Waals surface area contributed by atoms with Gasteiger partial charge < -0.3 is 44.9 Å². The minimum Gasteiger partial charge on any atom is -0.482 e. The molecule has 4 aliphatic rings. The molecule has 0 unspecified atom stereocenters. The van der Waals surface area contributed by atoms with Gasteiger partial charge in [-0.3, -0.25) is 29.1 Å². The van der Waals surface area contributed by atoms with Gasteiger partial charge in [-0.1, -0.05) is 39.8 Å². The summed E-state index contributed by atoms with van der Waals surface area (Å²) in [6.45, 7) is 21.5. The maximum atomic E-state index is 13.6. The maximum absolute atomic E-state index is 13.6. The number of carbonyl (C=O) groups excluding carboxylic acids is 4. The van der Waals surface area contributed by atoms with Crippen LogP contribution in [0.2, 0.25) is 0 Å². The number of nitrogens with one attached hydrogen (secondary N) is 4. The quantitative estimate of drug-likeness (QED) is 0.0672. The van der Waals surface area contributed by atoms with E-state index in [4.69, 9.17) is 9.72 Å². The molecule has 17 nitrogen and oxygen atoms in total. The van der Waals surface area contributed by atoms with Gasteiger partial charge in [0.2, 0.25) is 5.91 Å². The Morgan fingerprint density at radius 1 is 0.627 bits per heavy atom. The molecular formula is C64H72N12O5S2. The summed E-state index contributed by atoms with van der Waals surface area (Å²) >= 11 is 3.19. The topological polar surface area (TPSA) is 198 Å². The zero-order valence-electron chi connectivity index (χ0n) is 48.4. The summed E-state index contributed by atoms with van der Waals surface area (Å²) in [5.41, 5.74) is 16.2. The number of aromatic nitrogens is 6. The van der Waals surface area contributed by atoms with E-state index < -0.39 is 0 Å². The van der Waals surface area contributed by atoms with Crippen LogP contribution >= 0.6 is 22.7 Å². The summed E-state index contributed by atoms with van der Waals surface area (Å²) in [7, 11) is 1.64. The number of benzene rings is 2. The predicted octanol–water partition coefficient (Wildman–Crippen LogP) is 11.2. The largest absolute Gasteiger partial charge is 0.482 e. The normalized spacial score (nSPS) is 15.0. The molecule has 8 aromatic rings. The summed E-state index contributed by atoms with van der Waals surface area (Å²) < 4.78 is 5.32. The highest BCUT2D eigenvalue weighted by Crippen LogP contribution is 2.39. The molecule has 4 amide bonds. The molecule has 0 spiro atoms. The van der Waals surface area contributed by atoms with Crippen molar-refractivity contribution in [2.24, 2.45) is 0 Å². The third-order valence-electron chi connectivity index (χ3n) is 16.0. The van der Waals surface area contributed by atoms with Gasteiger partial charge in [0.05, 0.1) is 41.6 Å². The Morgan fingerprint density at radius 2 is 1.14 bits per heavy atom. The predicted molar refractivity (Wildman–Crippen MR) is 332 cm³/mol. The van der Waals surface area contributed by atoms with Crippen molar-refractivity contribution in [3.63, 3.8) is 0 Å². The van der Waals surface area contributed by atoms with E-state index in [9.17, 15) is 19.2 Å². The van der Waals surface area contributed by atoms with Crippen molar-refractivity contribution in [3.8, 4) is 49.5 Å². The fourth-order valence-electron chi connectivity index (χ4n) is 11.1. The minimum atomic E-state index is -0.149. The number of aryl methyl sites for hydroxylation is 2. The minimum absolute atomic E-state index is 0.0536. The van der Waals surface area contributed by atoms with Crippen molar-refractivity contribution in [2.75, 3.05) is 83.2 Å². The Labute approximate surface area is 493 Å². The van der Waals surface area contributed by atoms with Gasteiger partial charge in [0.25, 0.3) is 17.7 Å². The smallest absolute Gasteiger partial charge is 0.256 e. The molecule has 2 aromatic carbocycles. The molecule has 0 saturated carbocycles. The lowest BCUT2D eigenvalue weighted by Gasteiger charge is -2.25. The van der Waals surface area contributed by atoms with E-state index in [1.807, 2.05) is 101 Å². The van der Waals surface area contributed by atoms with E-state index in [2.05, 4.69) is 73.0 Å². The number of carbonyl (C=O) groups is 4. The molecule has 83 heavy (non-hydrogen) atoms. The highest BCUT2D eigenvalue weighted by molar-refractivity contribution is 7.13. The van der Waals surface area contributed by atoms with Gasteiger partial charge in [-0.15, -0.1) is 22.7 Å². The Balaban J connectivity index is 0.000000154. The van der Waals surface area contributed by atoms with E-state index in [0.29, 0.717) is 12.0 Å². The number of likely N-dealkylation sites (N-methyl/N-ethyl adjacent to an activating group) is 2. The molecule has 0 radical (unpaired) electrons. The van der Waals surface area contributed by atoms with E-state index >= 15 is 0 Å². The molecule has 0 saturated heterocycles. The van der Waals surface area contributed by atoms with E-state index in [-0.39, 0.29) is 23.6 Å². The number of anilines is 2. The first-order valence-corrected chi connectivity index (χ1v) is 30.5. The zero-order chi connectivity index (χ0) is 58.1. The number of rotatable bonds is 16. The summed E-state index contributed by atoms with van der Waals surface area (Å²) in [6.07, 6.45) is 13.0. The molecule has 0 atom stereocenters. The van der Waals surface area contributed by atoms with Crippen molar-refractivity contribution in [3.05, 3.63) is 147 Å². The van der Waals surface area contributed by atoms with Crippen LogP contribution in [0.3, 0.4) is 0 Å². The molecule has 0 bridgehead atoms. The molecule has 4 N–H and O–H groups in total. The summed E-state index contributed by atoms with van der Waals surface area (Å²) in [5, 5.41) is 11.8. The average Bonchev–Trinajstić information content (AvgIpc) is 4.58. The lowest BCUT2D eigenvalue weighted by molar-refractivity contribution is -0.115. The summed E-state index contributed by atoms with van der Waals surface area (Å²) in [6, 6.07) is 19.7. The summed E-state index contributed by atoms with van der Waals surface area (Å²) in [5.74, 6) is 0.850. The molecule has 10 heterocycles. The van der Waals surface area contributed by atoms with Gasteiger partial charge in [-0.25, -0.2) is 9.97 Å². The van der Waals surface area contributed by atoms with Gasteiger partial charge in [0.15, 0.2) is 5.88 Å². The van der Waals surface area contributed by atoms with Crippen LogP contribution in [-0.4, -0.2) is 146 Å². The second-order valence-corrected chi connectivity index (χ2v) is 22.6. The molecule has 430 valence electrons. The van der Waals surface area contributed by atoms with Gasteiger partial charge in [0, 0.05) is 137 Å². The van der Waals surface area contributed by atoms with Crippen LogP contribution in [0, 0.1) is 13.8 Å². The number of fused-ring (bicyclic) bond motifs is 4. The molecule has 6 aromatic heterocycles. The van der Waals surface area contributed by atoms with Gasteiger partial charge in [-0.2, -0.15) is 0 Å². The fraction of sp³-hybridized carbons (Fsp3) is 0.344. The van der Waals surface area contributed by atoms with Crippen LogP contribution in [0.15, 0.2) is 96.2 Å². The van der Waals surface area contributed by atoms with E-state index in [0.717, 1.165) is 203 Å². The number of hydrogen-bond donors (Lipinski definition) is 4. The average molecular weight is 1150 g/mol. The number of nitrogens with zero attached hydrogens (tertiary/aromatic N) is 8. The van der Waals surface area contributed by atoms with Crippen LogP contribution in [0.4, 0.5) is 11.4 Å². The molecule has 0 fully saturated rings. The van der Waals surface area contributed by atoms with Crippen LogP contribution in [0.1, 0.15) is 101 Å². The van der Waals surface area contributed by atoms with E-state index in [1.54, 1.807) is 54.6 Å². The third kappa shape index (κ3) is 12.9. The van der Waals surface area contributed by atoms with Crippen molar-refractivity contribution in [1.29, 1.82) is 0 Å². The molecule has 0 aliphatic carbocycles. The molecule has 12 rings (SSSR count). The number of methoxy groups -OCH3 is 1. The third-order valence-corrected chi connectivity index (χ3v) is 17.8. The fourth-order valence-corrected chi connectivity index (χ4v) is 12.8. The van der Waals surface area contributed by atoms with Gasteiger partial charge >= 0.3 is 0 Å². The lowest BCUT2D eigenvalue weighted by Crippen LogP contribution is -2.38. The van der Waals surface area contributed by atoms with Crippen LogP contribution < -0.4 is 15.4 Å². The highest BCUT2D eigenvalue weighted by Gasteiger charge is 2.31. The molecular weight excluding hydrogens is 1080 g/mol. The maximum Gasteiger partial charge on any atom is 0.256 e. The van der Waals surface area contributed by atoms with Crippen LogP contribution in [-0.2, 0) is 28.9 Å². The Hall–Kier alpha value is -8.10.